The van der Waals surface area contributed by atoms with E-state index in [0.29, 0.717) is 24.4 Å². The van der Waals surface area contributed by atoms with Crippen molar-refractivity contribution in [2.75, 3.05) is 13.2 Å². The molecule has 2 aromatic rings. The summed E-state index contributed by atoms with van der Waals surface area (Å²) in [6, 6.07) is 0. The molecule has 0 bridgehead atoms. The molecule has 1 aliphatic rings. The van der Waals surface area contributed by atoms with E-state index >= 15 is 0 Å². The Balaban J connectivity index is 1.74. The van der Waals surface area contributed by atoms with Gasteiger partial charge in [-0.05, 0) is 18.0 Å². The Morgan fingerprint density at radius 1 is 1.43 bits per heavy atom. The standard InChI is InChI=1S/C14H17Cl2FN4O2/c1-2-3-4-22-6-8-5-9(17)13(23-8)21-7-18-10-11(15)19-14(16)20-12(10)21/h7-9,13H,2-6H2,1H3/t8-,9?,13+/m0/s1. The summed E-state index contributed by atoms with van der Waals surface area (Å²) in [5.41, 5.74) is 0.727. The lowest BCUT2D eigenvalue weighted by Gasteiger charge is -2.16. The van der Waals surface area contributed by atoms with Gasteiger partial charge in [-0.2, -0.15) is 4.98 Å². The van der Waals surface area contributed by atoms with Crippen LogP contribution in [0.4, 0.5) is 4.39 Å². The molecule has 3 rings (SSSR count). The van der Waals surface area contributed by atoms with E-state index in [0.717, 1.165) is 12.8 Å². The molecule has 0 aromatic carbocycles. The fraction of sp³-hybridized carbons (Fsp3) is 0.643. The molecule has 0 amide bonds. The summed E-state index contributed by atoms with van der Waals surface area (Å²) in [7, 11) is 0. The first kappa shape index (κ1) is 16.8. The lowest BCUT2D eigenvalue weighted by atomic mass is 10.2. The number of imidazole rings is 1. The molecule has 1 fully saturated rings. The second kappa shape index (κ2) is 7.25. The monoisotopic (exact) mass is 362 g/mol. The zero-order valence-corrected chi connectivity index (χ0v) is 14.1. The van der Waals surface area contributed by atoms with Crippen molar-refractivity contribution < 1.29 is 13.9 Å². The third-order valence-corrected chi connectivity index (χ3v) is 4.13. The summed E-state index contributed by atoms with van der Waals surface area (Å²) in [6.45, 7) is 3.12. The maximum Gasteiger partial charge on any atom is 0.225 e. The second-order valence-corrected chi connectivity index (χ2v) is 6.13. The fourth-order valence-corrected chi connectivity index (χ4v) is 2.98. The minimum atomic E-state index is -1.18. The summed E-state index contributed by atoms with van der Waals surface area (Å²) >= 11 is 11.8. The van der Waals surface area contributed by atoms with Crippen molar-refractivity contribution in [2.24, 2.45) is 0 Å². The third kappa shape index (κ3) is 3.57. The normalized spacial score (nSPS) is 24.6. The molecule has 126 valence electrons. The number of nitrogens with zero attached hydrogens (tertiary/aromatic N) is 4. The lowest BCUT2D eigenvalue weighted by molar-refractivity contribution is -0.0503. The maximum absolute atomic E-state index is 14.4. The molecule has 0 spiro atoms. The van der Waals surface area contributed by atoms with Crippen LogP contribution in [-0.4, -0.2) is 45.0 Å². The van der Waals surface area contributed by atoms with Crippen molar-refractivity contribution in [1.29, 1.82) is 0 Å². The van der Waals surface area contributed by atoms with E-state index < -0.39 is 12.4 Å². The summed E-state index contributed by atoms with van der Waals surface area (Å²) in [4.78, 5) is 12.0. The van der Waals surface area contributed by atoms with Crippen LogP contribution in [-0.2, 0) is 9.47 Å². The third-order valence-electron chi connectivity index (χ3n) is 3.70. The molecule has 1 saturated heterocycles. The first-order chi connectivity index (χ1) is 11.1. The van der Waals surface area contributed by atoms with Crippen LogP contribution in [0.25, 0.3) is 11.2 Å². The Morgan fingerprint density at radius 2 is 2.26 bits per heavy atom. The number of fused-ring (bicyclic) bond motifs is 1. The average Bonchev–Trinajstić information content (AvgIpc) is 3.07. The largest absolute Gasteiger partial charge is 0.379 e. The summed E-state index contributed by atoms with van der Waals surface area (Å²) in [5, 5.41) is 0.115. The van der Waals surface area contributed by atoms with Crippen LogP contribution in [0.3, 0.4) is 0 Å². The van der Waals surface area contributed by atoms with Crippen molar-refractivity contribution in [3.8, 4) is 0 Å². The van der Waals surface area contributed by atoms with Crippen LogP contribution in [0.2, 0.25) is 10.4 Å². The van der Waals surface area contributed by atoms with Gasteiger partial charge in [0, 0.05) is 13.0 Å². The second-order valence-electron chi connectivity index (χ2n) is 5.44. The molecule has 1 unspecified atom stereocenters. The molecule has 0 saturated carbocycles. The minimum Gasteiger partial charge on any atom is -0.379 e. The summed E-state index contributed by atoms with van der Waals surface area (Å²) in [5.74, 6) is 0. The van der Waals surface area contributed by atoms with Gasteiger partial charge >= 0.3 is 0 Å². The Bertz CT molecular complexity index is 684. The van der Waals surface area contributed by atoms with Crippen molar-refractivity contribution in [1.82, 2.24) is 19.5 Å². The van der Waals surface area contributed by atoms with Gasteiger partial charge in [0.2, 0.25) is 5.28 Å². The predicted octanol–water partition coefficient (Wildman–Crippen LogP) is 3.58. The van der Waals surface area contributed by atoms with E-state index in [4.69, 9.17) is 32.7 Å². The SMILES string of the molecule is CCCCOC[C@@H]1CC(F)[C@H](n2cnc3c(Cl)nc(Cl)nc32)O1. The number of hydrogen-bond acceptors (Lipinski definition) is 5. The Kier molecular flexibility index (Phi) is 5.31. The lowest BCUT2D eigenvalue weighted by Crippen LogP contribution is -2.18. The Morgan fingerprint density at radius 3 is 3.04 bits per heavy atom. The molecule has 0 aliphatic carbocycles. The highest BCUT2D eigenvalue weighted by molar-refractivity contribution is 6.35. The molecule has 0 radical (unpaired) electrons. The first-order valence-corrected chi connectivity index (χ1v) is 8.28. The van der Waals surface area contributed by atoms with E-state index in [1.807, 2.05) is 0 Å². The van der Waals surface area contributed by atoms with Gasteiger partial charge in [-0.3, -0.25) is 4.57 Å². The number of rotatable bonds is 6. The van der Waals surface area contributed by atoms with Crippen molar-refractivity contribution in [3.05, 3.63) is 16.8 Å². The highest BCUT2D eigenvalue weighted by Gasteiger charge is 2.37. The van der Waals surface area contributed by atoms with Gasteiger partial charge in [0.15, 0.2) is 17.0 Å². The maximum atomic E-state index is 14.4. The number of hydrogen-bond donors (Lipinski definition) is 0. The molecule has 1 aliphatic heterocycles. The molecule has 2 aromatic heterocycles. The topological polar surface area (TPSA) is 62.1 Å². The molecule has 3 heterocycles. The smallest absolute Gasteiger partial charge is 0.225 e. The van der Waals surface area contributed by atoms with E-state index in [-0.39, 0.29) is 23.0 Å². The van der Waals surface area contributed by atoms with E-state index in [9.17, 15) is 4.39 Å². The zero-order valence-electron chi connectivity index (χ0n) is 12.6. The van der Waals surface area contributed by atoms with E-state index in [2.05, 4.69) is 21.9 Å². The van der Waals surface area contributed by atoms with Crippen LogP contribution in [0.15, 0.2) is 6.33 Å². The predicted molar refractivity (Wildman–Crippen MR) is 84.5 cm³/mol. The fourth-order valence-electron chi connectivity index (χ4n) is 2.56. The molecule has 0 N–H and O–H groups in total. The minimum absolute atomic E-state index is 0.0166. The van der Waals surface area contributed by atoms with Crippen LogP contribution in [0.1, 0.15) is 32.4 Å². The summed E-state index contributed by atoms with van der Waals surface area (Å²) in [6.07, 6.45) is 1.46. The van der Waals surface area contributed by atoms with Gasteiger partial charge in [0.1, 0.15) is 11.7 Å². The number of halogens is 3. The number of unbranched alkanes of at least 4 members (excludes halogenated alkanes) is 1. The van der Waals surface area contributed by atoms with Crippen LogP contribution in [0, 0.1) is 0 Å². The van der Waals surface area contributed by atoms with Gasteiger partial charge in [-0.15, -0.1) is 0 Å². The van der Waals surface area contributed by atoms with Crippen molar-refractivity contribution >= 4 is 34.4 Å². The van der Waals surface area contributed by atoms with Crippen molar-refractivity contribution in [3.63, 3.8) is 0 Å². The first-order valence-electron chi connectivity index (χ1n) is 7.53. The molecule has 23 heavy (non-hydrogen) atoms. The number of alkyl halides is 1. The van der Waals surface area contributed by atoms with Gasteiger partial charge in [-0.25, -0.2) is 14.4 Å². The van der Waals surface area contributed by atoms with Gasteiger partial charge in [-0.1, -0.05) is 24.9 Å². The van der Waals surface area contributed by atoms with Crippen LogP contribution < -0.4 is 0 Å². The number of ether oxygens (including phenoxy) is 2. The molecule has 3 atom stereocenters. The quantitative estimate of drug-likeness (QED) is 0.446. The molecule has 9 heteroatoms. The van der Waals surface area contributed by atoms with Crippen molar-refractivity contribution in [2.45, 2.75) is 44.7 Å². The van der Waals surface area contributed by atoms with Gasteiger partial charge in [0.25, 0.3) is 0 Å². The molecular formula is C14H17Cl2FN4O2. The van der Waals surface area contributed by atoms with Gasteiger partial charge < -0.3 is 9.47 Å². The Labute approximate surface area is 142 Å². The van der Waals surface area contributed by atoms with Crippen LogP contribution in [0.5, 0.6) is 0 Å². The summed E-state index contributed by atoms with van der Waals surface area (Å²) < 4.78 is 27.1. The highest BCUT2D eigenvalue weighted by Crippen LogP contribution is 2.34. The highest BCUT2D eigenvalue weighted by atomic mass is 35.5. The zero-order chi connectivity index (χ0) is 16.4. The van der Waals surface area contributed by atoms with Gasteiger partial charge in [0.05, 0.1) is 19.0 Å². The number of aromatic nitrogens is 4. The molecular weight excluding hydrogens is 346 g/mol. The molecule has 6 nitrogen and oxygen atoms in total. The Hall–Kier alpha value is -1.02. The van der Waals surface area contributed by atoms with E-state index in [1.54, 1.807) is 0 Å². The van der Waals surface area contributed by atoms with E-state index in [1.165, 1.54) is 10.9 Å². The average molecular weight is 363 g/mol. The van der Waals surface area contributed by atoms with Crippen LogP contribution >= 0.6 is 23.2 Å².